The first-order valence-electron chi connectivity index (χ1n) is 5.22. The Labute approximate surface area is 107 Å². The zero-order valence-electron chi connectivity index (χ0n) is 9.55. The smallest absolute Gasteiger partial charge is 0.387 e. The first-order chi connectivity index (χ1) is 9.19. The van der Waals surface area contributed by atoms with E-state index in [4.69, 9.17) is 5.26 Å². The summed E-state index contributed by atoms with van der Waals surface area (Å²) in [4.78, 5) is 7.73. The van der Waals surface area contributed by atoms with Crippen LogP contribution in [0.3, 0.4) is 0 Å². The third-order valence-electron chi connectivity index (χ3n) is 2.13. The van der Waals surface area contributed by atoms with Crippen LogP contribution in [0.2, 0.25) is 0 Å². The van der Waals surface area contributed by atoms with Gasteiger partial charge in [0.1, 0.15) is 17.6 Å². The number of nitriles is 1. The summed E-state index contributed by atoms with van der Waals surface area (Å²) in [5.74, 6) is 0.327. The largest absolute Gasteiger partial charge is 0.433 e. The lowest BCUT2D eigenvalue weighted by Crippen LogP contribution is -2.05. The molecule has 0 aliphatic heterocycles. The molecule has 0 radical (unpaired) electrons. The lowest BCUT2D eigenvalue weighted by atomic mass is 10.3. The standard InChI is InChI=1S/C12H8F2N4O/c13-12(14)19-10-4-2-1-3-9(10)18-11-7-16-8(5-15)6-17-11/h1-4,6-7,12H,(H,17,18). The normalized spacial score (nSPS) is 10.0. The molecule has 19 heavy (non-hydrogen) atoms. The molecule has 0 bridgehead atoms. The highest BCUT2D eigenvalue weighted by Gasteiger charge is 2.09. The van der Waals surface area contributed by atoms with Crippen LogP contribution < -0.4 is 10.1 Å². The molecule has 0 aliphatic carbocycles. The van der Waals surface area contributed by atoms with Crippen molar-refractivity contribution in [2.45, 2.75) is 6.61 Å². The number of para-hydroxylation sites is 2. The number of nitrogens with zero attached hydrogens (tertiary/aromatic N) is 3. The van der Waals surface area contributed by atoms with Gasteiger partial charge in [0.05, 0.1) is 18.1 Å². The highest BCUT2D eigenvalue weighted by atomic mass is 19.3. The predicted molar refractivity (Wildman–Crippen MR) is 63.1 cm³/mol. The average molecular weight is 262 g/mol. The lowest BCUT2D eigenvalue weighted by molar-refractivity contribution is -0.0493. The van der Waals surface area contributed by atoms with Gasteiger partial charge < -0.3 is 10.1 Å². The average Bonchev–Trinajstić information content (AvgIpc) is 2.41. The third kappa shape index (κ3) is 3.35. The quantitative estimate of drug-likeness (QED) is 0.917. The van der Waals surface area contributed by atoms with Crippen LogP contribution in [0.15, 0.2) is 36.7 Å². The van der Waals surface area contributed by atoms with E-state index in [1.165, 1.54) is 18.5 Å². The Balaban J connectivity index is 2.20. The van der Waals surface area contributed by atoms with Crippen molar-refractivity contribution in [3.8, 4) is 11.8 Å². The van der Waals surface area contributed by atoms with E-state index in [9.17, 15) is 8.78 Å². The van der Waals surface area contributed by atoms with Crippen molar-refractivity contribution in [2.75, 3.05) is 5.32 Å². The summed E-state index contributed by atoms with van der Waals surface area (Å²) in [7, 11) is 0. The number of nitrogens with one attached hydrogen (secondary N) is 1. The van der Waals surface area contributed by atoms with Crippen molar-refractivity contribution >= 4 is 11.5 Å². The number of alkyl halides is 2. The van der Waals surface area contributed by atoms with Gasteiger partial charge in [-0.05, 0) is 12.1 Å². The number of halogens is 2. The molecule has 2 aromatic rings. The second-order valence-corrected chi connectivity index (χ2v) is 3.40. The number of hydrogen-bond acceptors (Lipinski definition) is 5. The van der Waals surface area contributed by atoms with Crippen LogP contribution in [-0.2, 0) is 0 Å². The summed E-state index contributed by atoms with van der Waals surface area (Å²) >= 11 is 0. The molecule has 1 N–H and O–H groups in total. The third-order valence-corrected chi connectivity index (χ3v) is 2.13. The second-order valence-electron chi connectivity index (χ2n) is 3.40. The highest BCUT2D eigenvalue weighted by molar-refractivity contribution is 5.63. The van der Waals surface area contributed by atoms with Crippen molar-refractivity contribution < 1.29 is 13.5 Å². The maximum Gasteiger partial charge on any atom is 0.387 e. The Bertz CT molecular complexity index is 595. The number of aromatic nitrogens is 2. The maximum atomic E-state index is 12.2. The zero-order chi connectivity index (χ0) is 13.7. The van der Waals surface area contributed by atoms with Gasteiger partial charge >= 0.3 is 6.61 Å². The summed E-state index contributed by atoms with van der Waals surface area (Å²) in [6, 6.07) is 8.05. The van der Waals surface area contributed by atoms with Gasteiger partial charge in [0, 0.05) is 0 Å². The molecular formula is C12H8F2N4O. The van der Waals surface area contributed by atoms with Gasteiger partial charge in [-0.2, -0.15) is 14.0 Å². The molecule has 2 rings (SSSR count). The maximum absolute atomic E-state index is 12.2. The number of anilines is 2. The Hall–Kier alpha value is -2.75. The van der Waals surface area contributed by atoms with Crippen molar-refractivity contribution in [1.82, 2.24) is 9.97 Å². The van der Waals surface area contributed by atoms with Crippen LogP contribution in [0.4, 0.5) is 20.3 Å². The van der Waals surface area contributed by atoms with Crippen LogP contribution in [0, 0.1) is 11.3 Å². The number of benzene rings is 1. The van der Waals surface area contributed by atoms with Gasteiger partial charge in [0.15, 0.2) is 5.69 Å². The zero-order valence-corrected chi connectivity index (χ0v) is 9.55. The molecule has 1 heterocycles. The molecule has 96 valence electrons. The summed E-state index contributed by atoms with van der Waals surface area (Å²) in [6.45, 7) is -2.91. The second kappa shape index (κ2) is 5.73. The molecule has 1 aromatic heterocycles. The van der Waals surface area contributed by atoms with Crippen LogP contribution in [0.5, 0.6) is 5.75 Å². The van der Waals surface area contributed by atoms with E-state index in [1.54, 1.807) is 18.2 Å². The van der Waals surface area contributed by atoms with Crippen molar-refractivity contribution in [3.05, 3.63) is 42.4 Å². The van der Waals surface area contributed by atoms with Crippen molar-refractivity contribution in [3.63, 3.8) is 0 Å². The molecule has 0 unspecified atom stereocenters. The van der Waals surface area contributed by atoms with E-state index < -0.39 is 6.61 Å². The van der Waals surface area contributed by atoms with Crippen molar-refractivity contribution in [2.24, 2.45) is 0 Å². The van der Waals surface area contributed by atoms with Gasteiger partial charge in [0.25, 0.3) is 0 Å². The Morgan fingerprint density at radius 3 is 2.63 bits per heavy atom. The van der Waals surface area contributed by atoms with Gasteiger partial charge in [-0.25, -0.2) is 9.97 Å². The van der Waals surface area contributed by atoms with Gasteiger partial charge in [-0.1, -0.05) is 12.1 Å². The minimum atomic E-state index is -2.91. The fraction of sp³-hybridized carbons (Fsp3) is 0.0833. The Morgan fingerprint density at radius 1 is 1.21 bits per heavy atom. The molecule has 0 atom stereocenters. The molecule has 0 aliphatic rings. The summed E-state index contributed by atoms with van der Waals surface area (Å²) in [5, 5.41) is 11.4. The molecule has 0 fully saturated rings. The van der Waals surface area contributed by atoms with E-state index in [1.807, 2.05) is 6.07 Å². The van der Waals surface area contributed by atoms with E-state index in [2.05, 4.69) is 20.0 Å². The minimum Gasteiger partial charge on any atom is -0.433 e. The first-order valence-corrected chi connectivity index (χ1v) is 5.22. The number of hydrogen-bond donors (Lipinski definition) is 1. The topological polar surface area (TPSA) is 70.8 Å². The van der Waals surface area contributed by atoms with Gasteiger partial charge in [0.2, 0.25) is 0 Å². The molecule has 0 spiro atoms. The van der Waals surface area contributed by atoms with E-state index in [0.717, 1.165) is 0 Å². The van der Waals surface area contributed by atoms with Gasteiger partial charge in [-0.3, -0.25) is 0 Å². The fourth-order valence-corrected chi connectivity index (χ4v) is 1.36. The molecular weight excluding hydrogens is 254 g/mol. The predicted octanol–water partition coefficient (Wildman–Crippen LogP) is 2.69. The molecule has 1 aromatic carbocycles. The monoisotopic (exact) mass is 262 g/mol. The van der Waals surface area contributed by atoms with E-state index >= 15 is 0 Å². The molecule has 0 amide bonds. The molecule has 7 heteroatoms. The number of ether oxygens (including phenoxy) is 1. The minimum absolute atomic E-state index is 0.00339. The molecule has 0 saturated heterocycles. The Morgan fingerprint density at radius 2 is 2.00 bits per heavy atom. The summed E-state index contributed by atoms with van der Waals surface area (Å²) in [5.41, 5.74) is 0.504. The molecule has 5 nitrogen and oxygen atoms in total. The highest BCUT2D eigenvalue weighted by Crippen LogP contribution is 2.27. The number of rotatable bonds is 4. The fourth-order valence-electron chi connectivity index (χ4n) is 1.36. The van der Waals surface area contributed by atoms with Crippen LogP contribution in [0.1, 0.15) is 5.69 Å². The van der Waals surface area contributed by atoms with E-state index in [0.29, 0.717) is 11.5 Å². The first kappa shape index (κ1) is 12.7. The van der Waals surface area contributed by atoms with Crippen LogP contribution >= 0.6 is 0 Å². The lowest BCUT2D eigenvalue weighted by Gasteiger charge is -2.11. The van der Waals surface area contributed by atoms with Crippen molar-refractivity contribution in [1.29, 1.82) is 5.26 Å². The van der Waals surface area contributed by atoms with Crippen LogP contribution in [-0.4, -0.2) is 16.6 Å². The summed E-state index contributed by atoms with van der Waals surface area (Å²) in [6.07, 6.45) is 2.61. The SMILES string of the molecule is N#Cc1cnc(Nc2ccccc2OC(F)F)cn1. The van der Waals surface area contributed by atoms with Gasteiger partial charge in [-0.15, -0.1) is 0 Å². The van der Waals surface area contributed by atoms with E-state index in [-0.39, 0.29) is 11.4 Å². The summed E-state index contributed by atoms with van der Waals surface area (Å²) < 4.78 is 28.8. The van der Waals surface area contributed by atoms with Crippen LogP contribution in [0.25, 0.3) is 0 Å². The Kier molecular flexibility index (Phi) is 3.83. The molecule has 0 saturated carbocycles.